The molecule has 0 radical (unpaired) electrons. The van der Waals surface area contributed by atoms with Gasteiger partial charge in [-0.15, -0.1) is 11.3 Å². The molecule has 0 bridgehead atoms. The molecule has 0 aliphatic rings. The van der Waals surface area contributed by atoms with Crippen LogP contribution in [-0.2, 0) is 13.5 Å². The van der Waals surface area contributed by atoms with Gasteiger partial charge in [-0.25, -0.2) is 0 Å². The summed E-state index contributed by atoms with van der Waals surface area (Å²) in [6.45, 7) is 4.29. The van der Waals surface area contributed by atoms with Gasteiger partial charge in [0.25, 0.3) is 0 Å². The van der Waals surface area contributed by atoms with Gasteiger partial charge >= 0.3 is 0 Å². The number of thiophene rings is 1. The predicted molar refractivity (Wildman–Crippen MR) is 76.6 cm³/mol. The highest BCUT2D eigenvalue weighted by atomic mass is 79.9. The number of aromatic nitrogens is 2. The summed E-state index contributed by atoms with van der Waals surface area (Å²) in [6, 6.07) is 2.38. The van der Waals surface area contributed by atoms with Gasteiger partial charge < -0.3 is 5.32 Å². The quantitative estimate of drug-likeness (QED) is 0.925. The second-order valence-electron chi connectivity index (χ2n) is 4.02. The van der Waals surface area contributed by atoms with E-state index in [-0.39, 0.29) is 0 Å². The van der Waals surface area contributed by atoms with E-state index in [1.54, 1.807) is 11.3 Å². The van der Waals surface area contributed by atoms with Crippen LogP contribution < -0.4 is 5.32 Å². The molecule has 2 aromatic rings. The summed E-state index contributed by atoms with van der Waals surface area (Å²) in [4.78, 5) is 1.32. The van der Waals surface area contributed by atoms with Crippen molar-refractivity contribution in [1.82, 2.24) is 9.78 Å². The zero-order chi connectivity index (χ0) is 12.4. The number of nitrogens with zero attached hydrogens (tertiary/aromatic N) is 2. The zero-order valence-electron chi connectivity index (χ0n) is 10.2. The van der Waals surface area contributed by atoms with Gasteiger partial charge in [0.1, 0.15) is 0 Å². The van der Waals surface area contributed by atoms with Crippen LogP contribution in [0.25, 0.3) is 0 Å². The lowest BCUT2D eigenvalue weighted by Crippen LogP contribution is -2.06. The van der Waals surface area contributed by atoms with E-state index < -0.39 is 0 Å². The molecule has 0 saturated heterocycles. The summed E-state index contributed by atoms with van der Waals surface area (Å²) in [5, 5.41) is 10.1. The largest absolute Gasteiger partial charge is 0.375 e. The fourth-order valence-electron chi connectivity index (χ4n) is 1.83. The molecular weight excluding hydrogens is 298 g/mol. The molecule has 0 fully saturated rings. The molecular formula is C12H16BrN3S. The number of halogens is 1. The highest BCUT2D eigenvalue weighted by Gasteiger charge is 2.13. The summed E-state index contributed by atoms with van der Waals surface area (Å²) in [5.74, 6) is 0. The summed E-state index contributed by atoms with van der Waals surface area (Å²) in [5.41, 5.74) is 2.25. The molecule has 0 spiro atoms. The minimum Gasteiger partial charge on any atom is -0.375 e. The Balaban J connectivity index is 2.18. The van der Waals surface area contributed by atoms with Crippen LogP contribution in [0.5, 0.6) is 0 Å². The summed E-state index contributed by atoms with van der Waals surface area (Å²) < 4.78 is 3.03. The van der Waals surface area contributed by atoms with Gasteiger partial charge in [-0.3, -0.25) is 4.68 Å². The van der Waals surface area contributed by atoms with Crippen molar-refractivity contribution >= 4 is 33.0 Å². The standard InChI is InChI=1S/C12H16BrN3S/c1-4-10-11(7-16(3)15-10)14-8(2)12-9(13)5-6-17-12/h5-8,14H,4H2,1-3H3. The maximum Gasteiger partial charge on any atom is 0.0853 e. The molecule has 0 aliphatic carbocycles. The van der Waals surface area contributed by atoms with Crippen LogP contribution in [0.15, 0.2) is 22.1 Å². The Hall–Kier alpha value is -0.810. The molecule has 2 aromatic heterocycles. The molecule has 1 N–H and O–H groups in total. The Morgan fingerprint density at radius 2 is 2.35 bits per heavy atom. The molecule has 17 heavy (non-hydrogen) atoms. The monoisotopic (exact) mass is 313 g/mol. The third kappa shape index (κ3) is 2.72. The topological polar surface area (TPSA) is 29.9 Å². The lowest BCUT2D eigenvalue weighted by molar-refractivity contribution is 0.746. The fraction of sp³-hybridized carbons (Fsp3) is 0.417. The molecule has 0 saturated carbocycles. The molecule has 1 atom stereocenters. The molecule has 2 rings (SSSR count). The molecule has 1 unspecified atom stereocenters. The van der Waals surface area contributed by atoms with Crippen molar-refractivity contribution in [3.05, 3.63) is 32.7 Å². The third-order valence-electron chi connectivity index (χ3n) is 2.65. The lowest BCUT2D eigenvalue weighted by atomic mass is 10.2. The Labute approximate surface area is 114 Å². The van der Waals surface area contributed by atoms with Gasteiger partial charge in [0.2, 0.25) is 0 Å². The van der Waals surface area contributed by atoms with Crippen LogP contribution in [0.3, 0.4) is 0 Å². The van der Waals surface area contributed by atoms with Gasteiger partial charge in [-0.05, 0) is 40.7 Å². The fourth-order valence-corrected chi connectivity index (χ4v) is 3.55. The minimum absolute atomic E-state index is 0.291. The number of anilines is 1. The zero-order valence-corrected chi connectivity index (χ0v) is 12.6. The number of nitrogens with one attached hydrogen (secondary N) is 1. The van der Waals surface area contributed by atoms with Crippen molar-refractivity contribution in [1.29, 1.82) is 0 Å². The lowest BCUT2D eigenvalue weighted by Gasteiger charge is -2.13. The SMILES string of the molecule is CCc1nn(C)cc1NC(C)c1sccc1Br. The van der Waals surface area contributed by atoms with E-state index >= 15 is 0 Å². The average molecular weight is 314 g/mol. The Bertz CT molecular complexity index is 504. The molecule has 3 nitrogen and oxygen atoms in total. The van der Waals surface area contributed by atoms with E-state index in [0.717, 1.165) is 17.8 Å². The number of aryl methyl sites for hydroxylation is 2. The van der Waals surface area contributed by atoms with E-state index in [4.69, 9.17) is 0 Å². The van der Waals surface area contributed by atoms with Crippen LogP contribution >= 0.6 is 27.3 Å². The van der Waals surface area contributed by atoms with Gasteiger partial charge in [0.05, 0.1) is 17.4 Å². The average Bonchev–Trinajstić information content (AvgIpc) is 2.84. The summed E-state index contributed by atoms with van der Waals surface area (Å²) in [6.07, 6.45) is 2.98. The Morgan fingerprint density at radius 1 is 1.59 bits per heavy atom. The van der Waals surface area contributed by atoms with E-state index in [1.807, 2.05) is 17.9 Å². The highest BCUT2D eigenvalue weighted by Crippen LogP contribution is 2.31. The normalized spacial score (nSPS) is 12.7. The van der Waals surface area contributed by atoms with E-state index in [2.05, 4.69) is 51.6 Å². The van der Waals surface area contributed by atoms with Crippen LogP contribution in [0.1, 0.15) is 30.5 Å². The van der Waals surface area contributed by atoms with E-state index in [1.165, 1.54) is 9.35 Å². The number of rotatable bonds is 4. The van der Waals surface area contributed by atoms with Gasteiger partial charge in [0, 0.05) is 22.6 Å². The first-order valence-corrected chi connectivity index (χ1v) is 7.31. The Kier molecular flexibility index (Phi) is 3.89. The van der Waals surface area contributed by atoms with Crippen LogP contribution in [0.2, 0.25) is 0 Å². The predicted octanol–water partition coefficient (Wildman–Crippen LogP) is 3.98. The molecule has 0 aliphatic heterocycles. The van der Waals surface area contributed by atoms with Crippen LogP contribution in [0.4, 0.5) is 5.69 Å². The minimum atomic E-state index is 0.291. The van der Waals surface area contributed by atoms with Crippen molar-refractivity contribution in [2.24, 2.45) is 7.05 Å². The first kappa shape index (κ1) is 12.6. The van der Waals surface area contributed by atoms with Gasteiger partial charge in [-0.2, -0.15) is 5.10 Å². The van der Waals surface area contributed by atoms with Crippen molar-refractivity contribution in [3.63, 3.8) is 0 Å². The number of hydrogen-bond donors (Lipinski definition) is 1. The molecule has 92 valence electrons. The molecule has 2 heterocycles. The smallest absolute Gasteiger partial charge is 0.0853 e. The molecule has 0 aromatic carbocycles. The van der Waals surface area contributed by atoms with Crippen LogP contribution in [0, 0.1) is 0 Å². The van der Waals surface area contributed by atoms with Gasteiger partial charge in [-0.1, -0.05) is 6.92 Å². The van der Waals surface area contributed by atoms with E-state index in [9.17, 15) is 0 Å². The second kappa shape index (κ2) is 5.23. The van der Waals surface area contributed by atoms with Crippen molar-refractivity contribution in [2.75, 3.05) is 5.32 Å². The first-order valence-electron chi connectivity index (χ1n) is 5.63. The van der Waals surface area contributed by atoms with Crippen LogP contribution in [-0.4, -0.2) is 9.78 Å². The van der Waals surface area contributed by atoms with Crippen molar-refractivity contribution in [2.45, 2.75) is 26.3 Å². The Morgan fingerprint density at radius 3 is 2.94 bits per heavy atom. The maximum absolute atomic E-state index is 4.43. The third-order valence-corrected chi connectivity index (χ3v) is 4.70. The molecule has 0 amide bonds. The van der Waals surface area contributed by atoms with E-state index in [0.29, 0.717) is 6.04 Å². The summed E-state index contributed by atoms with van der Waals surface area (Å²) >= 11 is 5.33. The highest BCUT2D eigenvalue weighted by molar-refractivity contribution is 9.10. The van der Waals surface area contributed by atoms with Crippen molar-refractivity contribution in [3.8, 4) is 0 Å². The van der Waals surface area contributed by atoms with Gasteiger partial charge in [0.15, 0.2) is 0 Å². The number of hydrogen-bond acceptors (Lipinski definition) is 3. The molecule has 5 heteroatoms. The summed E-state index contributed by atoms with van der Waals surface area (Å²) in [7, 11) is 1.95. The second-order valence-corrected chi connectivity index (χ2v) is 5.82. The maximum atomic E-state index is 4.43. The first-order chi connectivity index (χ1) is 8.11. The van der Waals surface area contributed by atoms with Crippen molar-refractivity contribution < 1.29 is 0 Å².